The lowest BCUT2D eigenvalue weighted by Gasteiger charge is -2.21. The average Bonchev–Trinajstić information content (AvgIpc) is 2.53. The number of carbonyl (C=O) groups is 2. The van der Waals surface area contributed by atoms with Crippen molar-refractivity contribution in [1.29, 1.82) is 0 Å². The molecule has 1 rings (SSSR count). The molecular weight excluding hydrogens is 324 g/mol. The van der Waals surface area contributed by atoms with E-state index in [1.807, 2.05) is 0 Å². The van der Waals surface area contributed by atoms with E-state index in [4.69, 9.17) is 9.84 Å². The van der Waals surface area contributed by atoms with Crippen LogP contribution < -0.4 is 5.32 Å². The summed E-state index contributed by atoms with van der Waals surface area (Å²) in [6.45, 7) is 1.89. The van der Waals surface area contributed by atoms with Gasteiger partial charge >= 0.3 is 5.97 Å². The minimum Gasteiger partial charge on any atom is -0.480 e. The topological polar surface area (TPSA) is 113 Å². The van der Waals surface area contributed by atoms with Crippen LogP contribution in [0.4, 0.5) is 0 Å². The Kier molecular flexibility index (Phi) is 6.67. The molecule has 1 unspecified atom stereocenters. The molecule has 0 saturated heterocycles. The maximum absolute atomic E-state index is 12.4. The summed E-state index contributed by atoms with van der Waals surface area (Å²) in [7, 11) is -1.34. The van der Waals surface area contributed by atoms with Crippen LogP contribution >= 0.6 is 0 Å². The minimum absolute atomic E-state index is 0.146. The van der Waals surface area contributed by atoms with Gasteiger partial charge in [-0.15, -0.1) is 0 Å². The molecule has 0 saturated carbocycles. The number of sulfonamides is 1. The monoisotopic (exact) mass is 344 g/mol. The fraction of sp³-hybridized carbons (Fsp3) is 0.429. The van der Waals surface area contributed by atoms with Crippen LogP contribution in [0.25, 0.3) is 0 Å². The lowest BCUT2D eigenvalue weighted by molar-refractivity contribution is -0.140. The van der Waals surface area contributed by atoms with Gasteiger partial charge in [0.15, 0.2) is 0 Å². The Morgan fingerprint density at radius 2 is 2.04 bits per heavy atom. The van der Waals surface area contributed by atoms with E-state index in [1.165, 1.54) is 45.3 Å². The summed E-state index contributed by atoms with van der Waals surface area (Å²) in [6.07, 6.45) is 0. The van der Waals surface area contributed by atoms with E-state index in [9.17, 15) is 18.0 Å². The average molecular weight is 344 g/mol. The first-order valence-corrected chi connectivity index (χ1v) is 8.24. The van der Waals surface area contributed by atoms with Crippen molar-refractivity contribution in [1.82, 2.24) is 9.62 Å². The summed E-state index contributed by atoms with van der Waals surface area (Å²) >= 11 is 0. The second kappa shape index (κ2) is 8.04. The van der Waals surface area contributed by atoms with Crippen LogP contribution in [0.1, 0.15) is 17.3 Å². The number of carboxylic acids is 1. The molecule has 0 spiro atoms. The maximum atomic E-state index is 12.4. The zero-order valence-corrected chi connectivity index (χ0v) is 14.0. The van der Waals surface area contributed by atoms with Gasteiger partial charge in [-0.05, 0) is 25.1 Å². The first-order valence-electron chi connectivity index (χ1n) is 6.80. The number of nitrogens with one attached hydrogen (secondary N) is 1. The highest BCUT2D eigenvalue weighted by molar-refractivity contribution is 7.89. The van der Waals surface area contributed by atoms with E-state index >= 15 is 0 Å². The molecule has 1 atom stereocenters. The van der Waals surface area contributed by atoms with E-state index in [1.54, 1.807) is 0 Å². The fourth-order valence-electron chi connectivity index (χ4n) is 1.70. The number of nitrogens with zero attached hydrogens (tertiary/aromatic N) is 1. The summed E-state index contributed by atoms with van der Waals surface area (Å²) in [5.41, 5.74) is 0.165. The third kappa shape index (κ3) is 4.75. The molecule has 0 aliphatic heterocycles. The van der Waals surface area contributed by atoms with Crippen molar-refractivity contribution in [3.05, 3.63) is 29.8 Å². The number of methoxy groups -OCH3 is 1. The predicted octanol–water partition coefficient (Wildman–Crippen LogP) is 0.156. The lowest BCUT2D eigenvalue weighted by atomic mass is 10.2. The van der Waals surface area contributed by atoms with Gasteiger partial charge in [0.2, 0.25) is 10.0 Å². The standard InChI is InChI=1S/C14H20N2O6S/c1-10(14(18)19)16(2)23(20,21)12-6-4-5-11(9-12)13(17)15-7-8-22-3/h4-6,9-10H,7-8H2,1-3H3,(H,15,17)(H,18,19). The molecule has 0 bridgehead atoms. The lowest BCUT2D eigenvalue weighted by Crippen LogP contribution is -2.40. The molecule has 0 aliphatic carbocycles. The van der Waals surface area contributed by atoms with Gasteiger partial charge < -0.3 is 15.2 Å². The molecule has 0 fully saturated rings. The van der Waals surface area contributed by atoms with E-state index in [2.05, 4.69) is 5.32 Å². The summed E-state index contributed by atoms with van der Waals surface area (Å²) in [5.74, 6) is -1.70. The number of rotatable bonds is 8. The number of benzene rings is 1. The van der Waals surface area contributed by atoms with Gasteiger partial charge in [0, 0.05) is 26.3 Å². The highest BCUT2D eigenvalue weighted by atomic mass is 32.2. The van der Waals surface area contributed by atoms with Gasteiger partial charge in [-0.25, -0.2) is 8.42 Å². The first-order chi connectivity index (χ1) is 10.7. The molecular formula is C14H20N2O6S. The molecule has 1 amide bonds. The van der Waals surface area contributed by atoms with Crippen molar-refractivity contribution >= 4 is 21.9 Å². The van der Waals surface area contributed by atoms with Crippen LogP contribution in [0, 0.1) is 0 Å². The van der Waals surface area contributed by atoms with E-state index in [0.29, 0.717) is 13.2 Å². The van der Waals surface area contributed by atoms with Gasteiger partial charge in [0.1, 0.15) is 6.04 Å². The van der Waals surface area contributed by atoms with Crippen molar-refractivity contribution in [2.24, 2.45) is 0 Å². The van der Waals surface area contributed by atoms with Gasteiger partial charge in [-0.2, -0.15) is 4.31 Å². The molecule has 0 heterocycles. The Morgan fingerprint density at radius 3 is 2.61 bits per heavy atom. The zero-order valence-electron chi connectivity index (χ0n) is 13.1. The van der Waals surface area contributed by atoms with E-state index in [-0.39, 0.29) is 10.5 Å². The molecule has 0 radical (unpaired) electrons. The molecule has 23 heavy (non-hydrogen) atoms. The Balaban J connectivity index is 3.03. The summed E-state index contributed by atoms with van der Waals surface area (Å²) < 4.78 is 30.4. The highest BCUT2D eigenvalue weighted by Crippen LogP contribution is 2.18. The smallest absolute Gasteiger partial charge is 0.321 e. The summed E-state index contributed by atoms with van der Waals surface area (Å²) in [5, 5.41) is 11.5. The highest BCUT2D eigenvalue weighted by Gasteiger charge is 2.29. The predicted molar refractivity (Wildman–Crippen MR) is 82.7 cm³/mol. The third-order valence-corrected chi connectivity index (χ3v) is 5.19. The number of likely N-dealkylation sites (N-methyl/N-ethyl adjacent to an activating group) is 1. The largest absolute Gasteiger partial charge is 0.480 e. The van der Waals surface area contributed by atoms with Crippen molar-refractivity contribution in [3.63, 3.8) is 0 Å². The molecule has 0 aliphatic rings. The van der Waals surface area contributed by atoms with Crippen molar-refractivity contribution in [2.75, 3.05) is 27.3 Å². The van der Waals surface area contributed by atoms with E-state index < -0.39 is 27.9 Å². The van der Waals surface area contributed by atoms with Crippen LogP contribution in [0.5, 0.6) is 0 Å². The number of ether oxygens (including phenoxy) is 1. The van der Waals surface area contributed by atoms with Crippen LogP contribution in [-0.4, -0.2) is 63.1 Å². The van der Waals surface area contributed by atoms with Crippen molar-refractivity contribution < 1.29 is 27.9 Å². The molecule has 1 aromatic carbocycles. The summed E-state index contributed by atoms with van der Waals surface area (Å²) in [6, 6.07) is 4.20. The van der Waals surface area contributed by atoms with Crippen LogP contribution in [0.2, 0.25) is 0 Å². The number of carbonyl (C=O) groups excluding carboxylic acids is 1. The number of hydrogen-bond acceptors (Lipinski definition) is 5. The Bertz CT molecular complexity index is 674. The minimum atomic E-state index is -4.02. The van der Waals surface area contributed by atoms with Crippen molar-refractivity contribution in [2.45, 2.75) is 17.9 Å². The normalized spacial score (nSPS) is 12.9. The Labute approximate surface area is 135 Å². The molecule has 0 aromatic heterocycles. The van der Waals surface area contributed by atoms with Crippen molar-refractivity contribution in [3.8, 4) is 0 Å². The fourth-order valence-corrected chi connectivity index (χ4v) is 3.06. The Morgan fingerprint density at radius 1 is 1.39 bits per heavy atom. The van der Waals surface area contributed by atoms with Gasteiger partial charge in [-0.1, -0.05) is 6.07 Å². The molecule has 8 nitrogen and oxygen atoms in total. The number of carboxylic acid groups (broad SMARTS) is 1. The zero-order chi connectivity index (χ0) is 17.6. The van der Waals surface area contributed by atoms with E-state index in [0.717, 1.165) is 4.31 Å². The first kappa shape index (κ1) is 19.1. The van der Waals surface area contributed by atoms with Gasteiger partial charge in [-0.3, -0.25) is 9.59 Å². The summed E-state index contributed by atoms with van der Waals surface area (Å²) in [4.78, 5) is 22.8. The number of aliphatic carboxylic acids is 1. The molecule has 1 aromatic rings. The molecule has 128 valence electrons. The van der Waals surface area contributed by atoms with Crippen LogP contribution in [0.3, 0.4) is 0 Å². The molecule has 2 N–H and O–H groups in total. The number of hydrogen-bond donors (Lipinski definition) is 2. The van der Waals surface area contributed by atoms with Gasteiger partial charge in [0.25, 0.3) is 5.91 Å². The second-order valence-electron chi connectivity index (χ2n) is 4.81. The SMILES string of the molecule is COCCNC(=O)c1cccc(S(=O)(=O)N(C)C(C)C(=O)O)c1. The quantitative estimate of drug-likeness (QED) is 0.649. The Hall–Kier alpha value is -1.97. The second-order valence-corrected chi connectivity index (χ2v) is 6.81. The van der Waals surface area contributed by atoms with Gasteiger partial charge in [0.05, 0.1) is 11.5 Å². The maximum Gasteiger partial charge on any atom is 0.321 e. The van der Waals surface area contributed by atoms with Crippen LogP contribution in [0.15, 0.2) is 29.2 Å². The van der Waals surface area contributed by atoms with Crippen LogP contribution in [-0.2, 0) is 19.6 Å². The third-order valence-electron chi connectivity index (χ3n) is 3.27. The number of amides is 1. The molecule has 9 heteroatoms.